The average Bonchev–Trinajstić information content (AvgIpc) is 2.64. The van der Waals surface area contributed by atoms with E-state index in [-0.39, 0.29) is 11.8 Å². The number of rotatable bonds is 4. The number of carbonyl (C=O) groups excluding carboxylic acids is 1. The smallest absolute Gasteiger partial charge is 0.348 e. The van der Waals surface area contributed by atoms with E-state index >= 15 is 0 Å². The standard InChI is InChI=1S/C20H25NO4/c1-15-7-9-17(10-8-15)25-20(19(23)24)11-13-21(14-12-20)18(22)16-5-3-2-4-6-16/h2-3,7-10,16H,4-6,11-14H2,1H3,(H,23,24). The maximum atomic E-state index is 12.6. The number of ether oxygens (including phenoxy) is 1. The molecule has 1 saturated heterocycles. The number of hydrogen-bond donors (Lipinski definition) is 1. The molecule has 5 heteroatoms. The van der Waals surface area contributed by atoms with Crippen molar-refractivity contribution in [1.82, 2.24) is 4.90 Å². The summed E-state index contributed by atoms with van der Waals surface area (Å²) in [5.41, 5.74) is -0.155. The number of allylic oxidation sites excluding steroid dienone is 2. The van der Waals surface area contributed by atoms with E-state index in [4.69, 9.17) is 4.74 Å². The fourth-order valence-corrected chi connectivity index (χ4v) is 3.56. The van der Waals surface area contributed by atoms with Crippen LogP contribution in [0.5, 0.6) is 5.75 Å². The molecular formula is C20H25NO4. The number of hydrogen-bond acceptors (Lipinski definition) is 3. The van der Waals surface area contributed by atoms with Gasteiger partial charge in [0.1, 0.15) is 5.75 Å². The van der Waals surface area contributed by atoms with E-state index in [1.165, 1.54) is 0 Å². The first-order valence-corrected chi connectivity index (χ1v) is 8.93. The molecule has 1 aliphatic heterocycles. The molecule has 134 valence electrons. The Kier molecular flexibility index (Phi) is 5.11. The Morgan fingerprint density at radius 2 is 1.84 bits per heavy atom. The van der Waals surface area contributed by atoms with E-state index in [1.807, 2.05) is 24.0 Å². The van der Waals surface area contributed by atoms with Gasteiger partial charge in [-0.1, -0.05) is 29.8 Å². The summed E-state index contributed by atoms with van der Waals surface area (Å²) in [5.74, 6) is -0.204. The Balaban J connectivity index is 1.66. The third-order valence-corrected chi connectivity index (χ3v) is 5.23. The van der Waals surface area contributed by atoms with E-state index in [9.17, 15) is 14.7 Å². The molecule has 1 aromatic rings. The van der Waals surface area contributed by atoms with Gasteiger partial charge in [0.05, 0.1) is 0 Å². The summed E-state index contributed by atoms with van der Waals surface area (Å²) >= 11 is 0. The van der Waals surface area contributed by atoms with Gasteiger partial charge in [-0.15, -0.1) is 0 Å². The summed E-state index contributed by atoms with van der Waals surface area (Å²) in [6.07, 6.45) is 7.42. The van der Waals surface area contributed by atoms with Crippen LogP contribution < -0.4 is 4.74 Å². The number of piperidine rings is 1. The number of benzene rings is 1. The first-order chi connectivity index (χ1) is 12.0. The number of likely N-dealkylation sites (tertiary alicyclic amines) is 1. The van der Waals surface area contributed by atoms with Gasteiger partial charge >= 0.3 is 5.97 Å². The van der Waals surface area contributed by atoms with Gasteiger partial charge < -0.3 is 14.7 Å². The molecule has 2 aliphatic rings. The van der Waals surface area contributed by atoms with Crippen molar-refractivity contribution < 1.29 is 19.4 Å². The van der Waals surface area contributed by atoms with Crippen LogP contribution in [0, 0.1) is 12.8 Å². The van der Waals surface area contributed by atoms with Gasteiger partial charge in [0.2, 0.25) is 11.5 Å². The first-order valence-electron chi connectivity index (χ1n) is 8.93. The highest BCUT2D eigenvalue weighted by atomic mass is 16.5. The van der Waals surface area contributed by atoms with E-state index in [0.29, 0.717) is 31.7 Å². The number of aryl methyl sites for hydroxylation is 1. The van der Waals surface area contributed by atoms with Gasteiger partial charge in [0.15, 0.2) is 0 Å². The van der Waals surface area contributed by atoms with Gasteiger partial charge in [0.25, 0.3) is 0 Å². The van der Waals surface area contributed by atoms with E-state index < -0.39 is 11.6 Å². The highest BCUT2D eigenvalue weighted by Crippen LogP contribution is 2.31. The lowest BCUT2D eigenvalue weighted by molar-refractivity contribution is -0.162. The molecule has 0 radical (unpaired) electrons. The molecule has 1 N–H and O–H groups in total. The molecule has 1 atom stereocenters. The lowest BCUT2D eigenvalue weighted by Gasteiger charge is -2.40. The molecule has 0 aromatic heterocycles. The number of aliphatic carboxylic acids is 1. The highest BCUT2D eigenvalue weighted by molar-refractivity contribution is 5.81. The van der Waals surface area contributed by atoms with E-state index in [0.717, 1.165) is 24.8 Å². The lowest BCUT2D eigenvalue weighted by atomic mass is 9.88. The van der Waals surface area contributed by atoms with Crippen LogP contribution in [0.4, 0.5) is 0 Å². The van der Waals surface area contributed by atoms with Crippen LogP contribution in [-0.2, 0) is 9.59 Å². The molecular weight excluding hydrogens is 318 g/mol. The minimum absolute atomic E-state index is 0.0420. The van der Waals surface area contributed by atoms with Gasteiger partial charge in [-0.25, -0.2) is 4.79 Å². The molecule has 0 saturated carbocycles. The van der Waals surface area contributed by atoms with E-state index in [1.54, 1.807) is 12.1 Å². The Morgan fingerprint density at radius 1 is 1.16 bits per heavy atom. The van der Waals surface area contributed by atoms with Crippen molar-refractivity contribution in [3.8, 4) is 5.75 Å². The third kappa shape index (κ3) is 3.86. The number of carboxylic acids is 1. The average molecular weight is 343 g/mol. The summed E-state index contributed by atoms with van der Waals surface area (Å²) in [7, 11) is 0. The quantitative estimate of drug-likeness (QED) is 0.853. The zero-order chi connectivity index (χ0) is 17.9. The van der Waals surface area contributed by atoms with Crippen LogP contribution in [0.2, 0.25) is 0 Å². The molecule has 0 spiro atoms. The predicted octanol–water partition coefficient (Wildman–Crippen LogP) is 3.18. The molecule has 5 nitrogen and oxygen atoms in total. The fraction of sp³-hybridized carbons (Fsp3) is 0.500. The second-order valence-electron chi connectivity index (χ2n) is 7.02. The van der Waals surface area contributed by atoms with Gasteiger partial charge in [-0.2, -0.15) is 0 Å². The number of carboxylic acid groups (broad SMARTS) is 1. The molecule has 1 fully saturated rings. The highest BCUT2D eigenvalue weighted by Gasteiger charge is 2.45. The van der Waals surface area contributed by atoms with Gasteiger partial charge in [-0.05, 0) is 38.3 Å². The molecule has 3 rings (SSSR count). The van der Waals surface area contributed by atoms with Crippen LogP contribution in [0.3, 0.4) is 0 Å². The normalized spacial score (nSPS) is 22.4. The minimum Gasteiger partial charge on any atom is -0.478 e. The van der Waals surface area contributed by atoms with Crippen LogP contribution in [0.15, 0.2) is 36.4 Å². The zero-order valence-corrected chi connectivity index (χ0v) is 14.6. The number of carbonyl (C=O) groups is 2. The fourth-order valence-electron chi connectivity index (χ4n) is 3.56. The van der Waals surface area contributed by atoms with Gasteiger partial charge in [-0.3, -0.25) is 4.79 Å². The van der Waals surface area contributed by atoms with Crippen molar-refractivity contribution in [2.24, 2.45) is 5.92 Å². The summed E-state index contributed by atoms with van der Waals surface area (Å²) in [6, 6.07) is 7.40. The molecule has 1 amide bonds. The molecule has 1 heterocycles. The molecule has 0 bridgehead atoms. The number of amides is 1. The summed E-state index contributed by atoms with van der Waals surface area (Å²) in [4.78, 5) is 26.3. The van der Waals surface area contributed by atoms with Crippen LogP contribution in [-0.4, -0.2) is 40.6 Å². The first kappa shape index (κ1) is 17.5. The topological polar surface area (TPSA) is 66.8 Å². The van der Waals surface area contributed by atoms with Crippen molar-refractivity contribution in [3.05, 3.63) is 42.0 Å². The lowest BCUT2D eigenvalue weighted by Crippen LogP contribution is -2.55. The van der Waals surface area contributed by atoms with Crippen LogP contribution in [0.25, 0.3) is 0 Å². The maximum absolute atomic E-state index is 12.6. The molecule has 25 heavy (non-hydrogen) atoms. The van der Waals surface area contributed by atoms with Crippen molar-refractivity contribution in [2.75, 3.05) is 13.1 Å². The zero-order valence-electron chi connectivity index (χ0n) is 14.6. The van der Waals surface area contributed by atoms with Crippen molar-refractivity contribution in [3.63, 3.8) is 0 Å². The molecule has 1 unspecified atom stereocenters. The largest absolute Gasteiger partial charge is 0.478 e. The molecule has 1 aliphatic carbocycles. The van der Waals surface area contributed by atoms with Gasteiger partial charge in [0, 0.05) is 31.8 Å². The Labute approximate surface area is 148 Å². The second kappa shape index (κ2) is 7.30. The Bertz CT molecular complexity index is 657. The maximum Gasteiger partial charge on any atom is 0.348 e. The van der Waals surface area contributed by atoms with Crippen molar-refractivity contribution in [2.45, 2.75) is 44.6 Å². The van der Waals surface area contributed by atoms with Crippen LogP contribution in [0.1, 0.15) is 37.7 Å². The monoisotopic (exact) mass is 343 g/mol. The van der Waals surface area contributed by atoms with E-state index in [2.05, 4.69) is 12.2 Å². The minimum atomic E-state index is -1.25. The predicted molar refractivity (Wildman–Crippen MR) is 94.5 cm³/mol. The molecule has 1 aromatic carbocycles. The third-order valence-electron chi connectivity index (χ3n) is 5.23. The summed E-state index contributed by atoms with van der Waals surface area (Å²) in [5, 5.41) is 9.74. The SMILES string of the molecule is Cc1ccc(OC2(C(=O)O)CCN(C(=O)C3CC=CCC3)CC2)cc1. The van der Waals surface area contributed by atoms with Crippen molar-refractivity contribution >= 4 is 11.9 Å². The summed E-state index contributed by atoms with van der Waals surface area (Å²) in [6.45, 7) is 2.83. The Hall–Kier alpha value is -2.30. The second-order valence-corrected chi connectivity index (χ2v) is 7.02. The van der Waals surface area contributed by atoms with Crippen LogP contribution >= 0.6 is 0 Å². The summed E-state index contributed by atoms with van der Waals surface area (Å²) < 4.78 is 5.88. The number of nitrogens with zero attached hydrogens (tertiary/aromatic N) is 1. The Morgan fingerprint density at radius 3 is 2.40 bits per heavy atom. The van der Waals surface area contributed by atoms with Crippen molar-refractivity contribution in [1.29, 1.82) is 0 Å².